The summed E-state index contributed by atoms with van der Waals surface area (Å²) in [4.78, 5) is 1.97. The molecule has 1 rings (SSSR count). The van der Waals surface area contributed by atoms with Gasteiger partial charge in [0.2, 0.25) is 0 Å². The monoisotopic (exact) mass is 237 g/mol. The average molecular weight is 237 g/mol. The molecule has 1 unspecified atom stereocenters. The molecule has 0 saturated carbocycles. The first-order chi connectivity index (χ1) is 7.91. The van der Waals surface area contributed by atoms with E-state index in [1.54, 1.807) is 0 Å². The number of nitrogens with one attached hydrogen (secondary N) is 1. The number of nitrogen functional groups attached to an aromatic ring is 1. The van der Waals surface area contributed by atoms with E-state index in [9.17, 15) is 5.11 Å². The Balaban J connectivity index is 2.40. The lowest BCUT2D eigenvalue weighted by atomic mass is 10.1. The number of nitrogens with two attached hydrogens (primary N) is 1. The van der Waals surface area contributed by atoms with Gasteiger partial charge in [-0.25, -0.2) is 0 Å². The van der Waals surface area contributed by atoms with Gasteiger partial charge in [-0.3, -0.25) is 0 Å². The molecule has 0 spiro atoms. The van der Waals surface area contributed by atoms with Crippen LogP contribution in [-0.2, 0) is 6.54 Å². The highest BCUT2D eigenvalue weighted by Crippen LogP contribution is 2.10. The molecule has 0 aliphatic rings. The highest BCUT2D eigenvalue weighted by molar-refractivity contribution is 5.46. The van der Waals surface area contributed by atoms with Crippen molar-refractivity contribution in [2.75, 3.05) is 32.9 Å². The Kier molecular flexibility index (Phi) is 4.93. The maximum atomic E-state index is 10.1. The lowest BCUT2D eigenvalue weighted by molar-refractivity contribution is 0.0336. The van der Waals surface area contributed by atoms with Crippen molar-refractivity contribution >= 4 is 5.69 Å². The number of hydrogen-bond donors (Lipinski definition) is 3. The van der Waals surface area contributed by atoms with Crippen LogP contribution in [0.4, 0.5) is 5.69 Å². The number of hydrogen-bond acceptors (Lipinski definition) is 4. The molecule has 0 aliphatic carbocycles. The zero-order valence-corrected chi connectivity index (χ0v) is 10.9. The third-order valence-corrected chi connectivity index (χ3v) is 2.53. The molecule has 4 heteroatoms. The SMILES string of the molecule is CN(C)CC(C)(O)CNCc1ccccc1N. The van der Waals surface area contributed by atoms with Gasteiger partial charge in [0.25, 0.3) is 0 Å². The Hall–Kier alpha value is -1.10. The molecule has 0 saturated heterocycles. The number of nitrogens with zero attached hydrogens (tertiary/aromatic N) is 1. The van der Waals surface area contributed by atoms with Crippen LogP contribution in [0.3, 0.4) is 0 Å². The Morgan fingerprint density at radius 3 is 2.59 bits per heavy atom. The molecule has 1 aromatic carbocycles. The minimum Gasteiger partial charge on any atom is -0.398 e. The summed E-state index contributed by atoms with van der Waals surface area (Å²) in [6.07, 6.45) is 0. The standard InChI is InChI=1S/C13H23N3O/c1-13(17,10-16(2)3)9-15-8-11-6-4-5-7-12(11)14/h4-7,15,17H,8-10,14H2,1-3H3. The van der Waals surface area contributed by atoms with Gasteiger partial charge in [-0.2, -0.15) is 0 Å². The molecule has 0 bridgehead atoms. The molecule has 0 aromatic heterocycles. The zero-order chi connectivity index (χ0) is 12.9. The van der Waals surface area contributed by atoms with Gasteiger partial charge in [0.1, 0.15) is 0 Å². The summed E-state index contributed by atoms with van der Waals surface area (Å²) in [5.74, 6) is 0. The van der Waals surface area contributed by atoms with E-state index in [-0.39, 0.29) is 0 Å². The van der Waals surface area contributed by atoms with Gasteiger partial charge in [-0.05, 0) is 32.6 Å². The Morgan fingerprint density at radius 1 is 1.35 bits per heavy atom. The van der Waals surface area contributed by atoms with Crippen LogP contribution in [0, 0.1) is 0 Å². The number of anilines is 1. The summed E-state index contributed by atoms with van der Waals surface area (Å²) < 4.78 is 0. The zero-order valence-electron chi connectivity index (χ0n) is 10.9. The van der Waals surface area contributed by atoms with Gasteiger partial charge in [-0.15, -0.1) is 0 Å². The molecule has 1 atom stereocenters. The van der Waals surface area contributed by atoms with E-state index in [0.717, 1.165) is 11.3 Å². The van der Waals surface area contributed by atoms with E-state index in [2.05, 4.69) is 5.32 Å². The van der Waals surface area contributed by atoms with Crippen molar-refractivity contribution in [3.63, 3.8) is 0 Å². The van der Waals surface area contributed by atoms with Crippen LogP contribution in [-0.4, -0.2) is 42.8 Å². The van der Waals surface area contributed by atoms with Crippen LogP contribution in [0.1, 0.15) is 12.5 Å². The number of likely N-dealkylation sites (N-methyl/N-ethyl adjacent to an activating group) is 1. The van der Waals surface area contributed by atoms with Crippen LogP contribution >= 0.6 is 0 Å². The number of benzene rings is 1. The largest absolute Gasteiger partial charge is 0.398 e. The van der Waals surface area contributed by atoms with E-state index in [1.165, 1.54) is 0 Å². The maximum Gasteiger partial charge on any atom is 0.0869 e. The number of rotatable bonds is 6. The van der Waals surface area contributed by atoms with Crippen molar-refractivity contribution in [1.29, 1.82) is 0 Å². The first-order valence-corrected chi connectivity index (χ1v) is 5.82. The molecule has 0 heterocycles. The third-order valence-electron chi connectivity index (χ3n) is 2.53. The van der Waals surface area contributed by atoms with Crippen molar-refractivity contribution in [2.24, 2.45) is 0 Å². The van der Waals surface area contributed by atoms with E-state index < -0.39 is 5.60 Å². The number of para-hydroxylation sites is 1. The van der Waals surface area contributed by atoms with Crippen molar-refractivity contribution < 1.29 is 5.11 Å². The second kappa shape index (κ2) is 6.00. The fourth-order valence-electron chi connectivity index (χ4n) is 1.90. The summed E-state index contributed by atoms with van der Waals surface area (Å²) in [6, 6.07) is 7.75. The first kappa shape index (κ1) is 14.0. The first-order valence-electron chi connectivity index (χ1n) is 5.82. The van der Waals surface area contributed by atoms with Crippen molar-refractivity contribution in [1.82, 2.24) is 10.2 Å². The Bertz CT molecular complexity index is 350. The topological polar surface area (TPSA) is 61.5 Å². The summed E-state index contributed by atoms with van der Waals surface area (Å²) >= 11 is 0. The van der Waals surface area contributed by atoms with Gasteiger partial charge in [0.05, 0.1) is 5.60 Å². The number of aliphatic hydroxyl groups is 1. The molecule has 0 fully saturated rings. The van der Waals surface area contributed by atoms with E-state index in [4.69, 9.17) is 5.73 Å². The second-order valence-corrected chi connectivity index (χ2v) is 5.04. The molecular formula is C13H23N3O. The summed E-state index contributed by atoms with van der Waals surface area (Å²) in [7, 11) is 3.90. The average Bonchev–Trinajstić information content (AvgIpc) is 2.18. The van der Waals surface area contributed by atoms with Crippen LogP contribution in [0.25, 0.3) is 0 Å². The van der Waals surface area contributed by atoms with E-state index in [0.29, 0.717) is 19.6 Å². The minimum absolute atomic E-state index is 0.541. The van der Waals surface area contributed by atoms with Gasteiger partial charge in [0, 0.05) is 25.3 Å². The Labute approximate surface area is 103 Å². The van der Waals surface area contributed by atoms with Gasteiger partial charge in [-0.1, -0.05) is 18.2 Å². The predicted molar refractivity (Wildman–Crippen MR) is 71.7 cm³/mol. The fraction of sp³-hybridized carbons (Fsp3) is 0.538. The highest BCUT2D eigenvalue weighted by Gasteiger charge is 2.20. The van der Waals surface area contributed by atoms with E-state index >= 15 is 0 Å². The van der Waals surface area contributed by atoms with Crippen molar-refractivity contribution in [3.05, 3.63) is 29.8 Å². The third kappa shape index (κ3) is 5.17. The quantitative estimate of drug-likeness (QED) is 0.636. The van der Waals surface area contributed by atoms with Crippen molar-refractivity contribution in [3.8, 4) is 0 Å². The maximum absolute atomic E-state index is 10.1. The fourth-order valence-corrected chi connectivity index (χ4v) is 1.90. The second-order valence-electron chi connectivity index (χ2n) is 5.04. The van der Waals surface area contributed by atoms with E-state index in [1.807, 2.05) is 50.2 Å². The summed E-state index contributed by atoms with van der Waals surface area (Å²) in [5.41, 5.74) is 6.96. The smallest absolute Gasteiger partial charge is 0.0869 e. The van der Waals surface area contributed by atoms with Crippen LogP contribution < -0.4 is 11.1 Å². The lowest BCUT2D eigenvalue weighted by Gasteiger charge is -2.27. The van der Waals surface area contributed by atoms with Crippen LogP contribution in [0.5, 0.6) is 0 Å². The lowest BCUT2D eigenvalue weighted by Crippen LogP contribution is -2.45. The summed E-state index contributed by atoms with van der Waals surface area (Å²) in [6.45, 7) is 3.67. The van der Waals surface area contributed by atoms with Gasteiger partial charge < -0.3 is 21.1 Å². The molecule has 1 aromatic rings. The Morgan fingerprint density at radius 2 is 2.00 bits per heavy atom. The molecule has 4 N–H and O–H groups in total. The minimum atomic E-state index is -0.729. The molecule has 0 amide bonds. The molecular weight excluding hydrogens is 214 g/mol. The van der Waals surface area contributed by atoms with Crippen LogP contribution in [0.2, 0.25) is 0 Å². The normalized spacial score (nSPS) is 14.9. The van der Waals surface area contributed by atoms with Crippen LogP contribution in [0.15, 0.2) is 24.3 Å². The highest BCUT2D eigenvalue weighted by atomic mass is 16.3. The molecule has 17 heavy (non-hydrogen) atoms. The summed E-state index contributed by atoms with van der Waals surface area (Å²) in [5, 5.41) is 13.3. The molecule has 0 radical (unpaired) electrons. The molecule has 0 aliphatic heterocycles. The molecule has 4 nitrogen and oxygen atoms in total. The van der Waals surface area contributed by atoms with Gasteiger partial charge in [0.15, 0.2) is 0 Å². The van der Waals surface area contributed by atoms with Gasteiger partial charge >= 0.3 is 0 Å². The van der Waals surface area contributed by atoms with Crippen molar-refractivity contribution in [2.45, 2.75) is 19.1 Å². The predicted octanol–water partition coefficient (Wildman–Crippen LogP) is 0.671. The molecule has 96 valence electrons.